The highest BCUT2D eigenvalue weighted by molar-refractivity contribution is 6.33. The summed E-state index contributed by atoms with van der Waals surface area (Å²) in [5.41, 5.74) is 3.24. The Labute approximate surface area is 116 Å². The summed E-state index contributed by atoms with van der Waals surface area (Å²) < 4.78 is 2.54. The molecule has 0 spiro atoms. The summed E-state index contributed by atoms with van der Waals surface area (Å²) in [6.45, 7) is 0. The highest BCUT2D eigenvalue weighted by Crippen LogP contribution is 2.13. The maximum absolute atomic E-state index is 12.1. The van der Waals surface area contributed by atoms with E-state index in [2.05, 4.69) is 25.7 Å². The van der Waals surface area contributed by atoms with Crippen molar-refractivity contribution in [1.82, 2.24) is 29.6 Å². The molecule has 102 valence electrons. The molecule has 0 saturated heterocycles. The van der Waals surface area contributed by atoms with Crippen LogP contribution in [0.2, 0.25) is 5.02 Å². The van der Waals surface area contributed by atoms with Gasteiger partial charge in [0, 0.05) is 7.05 Å². The van der Waals surface area contributed by atoms with Gasteiger partial charge in [-0.25, -0.2) is 9.66 Å². The van der Waals surface area contributed by atoms with Crippen LogP contribution in [0.3, 0.4) is 0 Å². The number of rotatable bonds is 2. The van der Waals surface area contributed by atoms with Gasteiger partial charge in [-0.15, -0.1) is 0 Å². The summed E-state index contributed by atoms with van der Waals surface area (Å²) in [5.74, 6) is -0.488. The Kier molecular flexibility index (Phi) is 2.75. The topological polar surface area (TPSA) is 117 Å². The van der Waals surface area contributed by atoms with Crippen molar-refractivity contribution in [3.63, 3.8) is 0 Å². The first kappa shape index (κ1) is 12.4. The smallest absolute Gasteiger partial charge is 0.282 e. The molecule has 3 aromatic rings. The molecule has 0 aliphatic carbocycles. The summed E-state index contributed by atoms with van der Waals surface area (Å²) >= 11 is 5.89. The first-order valence-electron chi connectivity index (χ1n) is 5.52. The van der Waals surface area contributed by atoms with E-state index in [9.17, 15) is 4.79 Å². The average molecular weight is 293 g/mol. The van der Waals surface area contributed by atoms with E-state index in [1.165, 1.54) is 28.1 Å². The number of aryl methyl sites for hydroxylation is 1. The molecule has 20 heavy (non-hydrogen) atoms. The second-order valence-corrected chi connectivity index (χ2v) is 4.41. The molecule has 10 heteroatoms. The molecule has 0 aromatic carbocycles. The highest BCUT2D eigenvalue weighted by Gasteiger charge is 2.16. The molecule has 0 bridgehead atoms. The summed E-state index contributed by atoms with van der Waals surface area (Å²) in [4.78, 5) is 16.2. The zero-order valence-electron chi connectivity index (χ0n) is 10.3. The van der Waals surface area contributed by atoms with E-state index in [1.54, 1.807) is 7.05 Å². The maximum Gasteiger partial charge on any atom is 0.289 e. The van der Waals surface area contributed by atoms with E-state index < -0.39 is 5.91 Å². The van der Waals surface area contributed by atoms with Crippen molar-refractivity contribution in [1.29, 1.82) is 5.41 Å². The first-order valence-corrected chi connectivity index (χ1v) is 5.90. The fraction of sp³-hybridized carbons (Fsp3) is 0.100. The molecular formula is C10H9ClN8O. The number of halogens is 1. The van der Waals surface area contributed by atoms with Crippen LogP contribution in [0.4, 0.5) is 0 Å². The SMILES string of the molecule is Cn1ncc(Cl)c1C(=O)Nn1cnc2[nH]ncc2c1=N. The van der Waals surface area contributed by atoms with Crippen LogP contribution in [0.5, 0.6) is 0 Å². The van der Waals surface area contributed by atoms with Gasteiger partial charge in [0.25, 0.3) is 5.91 Å². The lowest BCUT2D eigenvalue weighted by molar-refractivity contribution is 0.0997. The fourth-order valence-corrected chi connectivity index (χ4v) is 2.02. The molecule has 3 rings (SSSR count). The maximum atomic E-state index is 12.1. The number of nitrogens with zero attached hydrogens (tertiary/aromatic N) is 5. The van der Waals surface area contributed by atoms with E-state index in [0.717, 1.165) is 0 Å². The number of nitrogens with one attached hydrogen (secondary N) is 3. The van der Waals surface area contributed by atoms with Gasteiger partial charge >= 0.3 is 0 Å². The number of carbonyl (C=O) groups is 1. The minimum Gasteiger partial charge on any atom is -0.282 e. The van der Waals surface area contributed by atoms with Gasteiger partial charge in [0.1, 0.15) is 12.0 Å². The van der Waals surface area contributed by atoms with Gasteiger partial charge in [-0.1, -0.05) is 11.6 Å². The van der Waals surface area contributed by atoms with Crippen LogP contribution in [0.1, 0.15) is 10.5 Å². The Bertz CT molecular complexity index is 840. The second-order valence-electron chi connectivity index (χ2n) is 4.00. The van der Waals surface area contributed by atoms with Gasteiger partial charge in [-0.2, -0.15) is 10.2 Å². The molecule has 9 nitrogen and oxygen atoms in total. The molecule has 0 radical (unpaired) electrons. The predicted molar refractivity (Wildman–Crippen MR) is 69.6 cm³/mol. The van der Waals surface area contributed by atoms with Crippen molar-refractivity contribution >= 4 is 28.5 Å². The second kappa shape index (κ2) is 4.46. The van der Waals surface area contributed by atoms with Crippen molar-refractivity contribution in [2.45, 2.75) is 0 Å². The number of hydrogen-bond acceptors (Lipinski definition) is 5. The van der Waals surface area contributed by atoms with Crippen LogP contribution < -0.4 is 10.9 Å². The molecule has 0 unspecified atom stereocenters. The number of H-pyrrole nitrogens is 1. The number of aromatic amines is 1. The third-order valence-electron chi connectivity index (χ3n) is 2.75. The van der Waals surface area contributed by atoms with Crippen molar-refractivity contribution in [3.8, 4) is 0 Å². The Morgan fingerprint density at radius 1 is 1.50 bits per heavy atom. The Morgan fingerprint density at radius 3 is 3.00 bits per heavy atom. The number of fused-ring (bicyclic) bond motifs is 1. The summed E-state index contributed by atoms with van der Waals surface area (Å²) in [6, 6.07) is 0. The lowest BCUT2D eigenvalue weighted by Crippen LogP contribution is -2.34. The number of hydrogen-bond donors (Lipinski definition) is 3. The van der Waals surface area contributed by atoms with Crippen LogP contribution in [0.25, 0.3) is 11.0 Å². The zero-order chi connectivity index (χ0) is 14.3. The third kappa shape index (κ3) is 1.84. The lowest BCUT2D eigenvalue weighted by Gasteiger charge is -2.09. The molecule has 3 heterocycles. The Morgan fingerprint density at radius 2 is 2.30 bits per heavy atom. The molecule has 0 aliphatic heterocycles. The Hall–Kier alpha value is -2.68. The van der Waals surface area contributed by atoms with Gasteiger partial charge < -0.3 is 0 Å². The summed E-state index contributed by atoms with van der Waals surface area (Å²) in [6.07, 6.45) is 4.15. The molecule has 3 aromatic heterocycles. The van der Waals surface area contributed by atoms with Crippen LogP contribution in [-0.2, 0) is 7.05 Å². The highest BCUT2D eigenvalue weighted by atomic mass is 35.5. The van der Waals surface area contributed by atoms with Gasteiger partial charge in [0.15, 0.2) is 11.1 Å². The average Bonchev–Trinajstić information content (AvgIpc) is 3.00. The van der Waals surface area contributed by atoms with Gasteiger partial charge in [0.2, 0.25) is 0 Å². The molecule has 3 N–H and O–H groups in total. The van der Waals surface area contributed by atoms with Crippen molar-refractivity contribution < 1.29 is 4.79 Å². The van der Waals surface area contributed by atoms with Gasteiger partial charge in [0.05, 0.1) is 22.8 Å². The van der Waals surface area contributed by atoms with Crippen molar-refractivity contribution in [2.24, 2.45) is 7.05 Å². The quantitative estimate of drug-likeness (QED) is 0.616. The minimum absolute atomic E-state index is 0.0513. The van der Waals surface area contributed by atoms with E-state index >= 15 is 0 Å². The number of carbonyl (C=O) groups excluding carboxylic acids is 1. The van der Waals surface area contributed by atoms with Crippen LogP contribution >= 0.6 is 11.6 Å². The van der Waals surface area contributed by atoms with E-state index in [1.807, 2.05) is 0 Å². The molecule has 1 amide bonds. The van der Waals surface area contributed by atoms with Crippen LogP contribution in [0.15, 0.2) is 18.7 Å². The first-order chi connectivity index (χ1) is 9.58. The van der Waals surface area contributed by atoms with E-state index in [4.69, 9.17) is 17.0 Å². The largest absolute Gasteiger partial charge is 0.289 e. The molecule has 0 aliphatic rings. The summed E-state index contributed by atoms with van der Waals surface area (Å²) in [7, 11) is 1.60. The number of aromatic nitrogens is 6. The van der Waals surface area contributed by atoms with Gasteiger partial charge in [-0.05, 0) is 0 Å². The normalized spacial score (nSPS) is 10.9. The standard InChI is InChI=1S/C10H9ClN8O/c1-18-7(6(11)3-15-18)10(20)17-19-4-13-9-5(8(19)12)2-14-16-9/h2-4,12H,1H3,(H,14,16)(H,17,20). The van der Waals surface area contributed by atoms with Crippen molar-refractivity contribution in [3.05, 3.63) is 34.9 Å². The Balaban J connectivity index is 1.99. The predicted octanol–water partition coefficient (Wildman–Crippen LogP) is 0.00967. The van der Waals surface area contributed by atoms with Crippen LogP contribution in [-0.4, -0.2) is 35.5 Å². The van der Waals surface area contributed by atoms with Crippen LogP contribution in [0, 0.1) is 5.41 Å². The third-order valence-corrected chi connectivity index (χ3v) is 3.03. The lowest BCUT2D eigenvalue weighted by atomic mass is 10.4. The minimum atomic E-state index is -0.488. The molecule has 0 atom stereocenters. The fourth-order valence-electron chi connectivity index (χ4n) is 1.77. The molecule has 0 fully saturated rings. The van der Waals surface area contributed by atoms with Crippen molar-refractivity contribution in [2.75, 3.05) is 5.43 Å². The molecular weight excluding hydrogens is 284 g/mol. The monoisotopic (exact) mass is 292 g/mol. The summed E-state index contributed by atoms with van der Waals surface area (Å²) in [5, 5.41) is 19.0. The van der Waals surface area contributed by atoms with E-state index in [-0.39, 0.29) is 16.2 Å². The molecule has 0 saturated carbocycles. The zero-order valence-corrected chi connectivity index (χ0v) is 11.0. The van der Waals surface area contributed by atoms with Gasteiger partial charge in [-0.3, -0.25) is 25.4 Å². The number of amides is 1. The van der Waals surface area contributed by atoms with E-state index in [0.29, 0.717) is 11.0 Å².